The van der Waals surface area contributed by atoms with Crippen molar-refractivity contribution in [2.24, 2.45) is 5.73 Å². The lowest BCUT2D eigenvalue weighted by Crippen LogP contribution is -2.38. The predicted octanol–water partition coefficient (Wildman–Crippen LogP) is 3.76. The summed E-state index contributed by atoms with van der Waals surface area (Å²) in [5.41, 5.74) is 6.44. The maximum Gasteiger partial charge on any atom is 0.141 e. The molecule has 1 fully saturated rings. The molecule has 0 radical (unpaired) electrons. The first-order chi connectivity index (χ1) is 8.63. The van der Waals surface area contributed by atoms with Gasteiger partial charge in [0.05, 0.1) is 11.6 Å². The van der Waals surface area contributed by atoms with Crippen molar-refractivity contribution in [3.63, 3.8) is 0 Å². The van der Waals surface area contributed by atoms with E-state index >= 15 is 0 Å². The van der Waals surface area contributed by atoms with Gasteiger partial charge in [-0.2, -0.15) is 0 Å². The number of ether oxygens (including phenoxy) is 1. The zero-order chi connectivity index (χ0) is 13.2. The Morgan fingerprint density at radius 1 is 1.33 bits per heavy atom. The van der Waals surface area contributed by atoms with Crippen molar-refractivity contribution < 1.29 is 9.13 Å². The van der Waals surface area contributed by atoms with Gasteiger partial charge in [-0.05, 0) is 40.9 Å². The van der Waals surface area contributed by atoms with E-state index in [9.17, 15) is 4.39 Å². The highest BCUT2D eigenvalue weighted by molar-refractivity contribution is 9.10. The molecule has 1 aliphatic carbocycles. The van der Waals surface area contributed by atoms with Gasteiger partial charge in [-0.3, -0.25) is 0 Å². The van der Waals surface area contributed by atoms with Gasteiger partial charge >= 0.3 is 0 Å². The first-order valence-electron chi connectivity index (χ1n) is 6.36. The first-order valence-corrected chi connectivity index (χ1v) is 7.16. The smallest absolute Gasteiger partial charge is 0.141 e. The number of methoxy groups -OCH3 is 1. The fraction of sp³-hybridized carbons (Fsp3) is 0.571. The van der Waals surface area contributed by atoms with Crippen LogP contribution >= 0.6 is 15.9 Å². The summed E-state index contributed by atoms with van der Waals surface area (Å²) >= 11 is 3.26. The fourth-order valence-corrected chi connectivity index (χ4v) is 3.32. The number of nitrogens with two attached hydrogens (primary N) is 1. The molecule has 100 valence electrons. The summed E-state index contributed by atoms with van der Waals surface area (Å²) in [6, 6.07) is 3.46. The number of halogens is 2. The number of hydrogen-bond donors (Lipinski definition) is 1. The van der Waals surface area contributed by atoms with Crippen molar-refractivity contribution >= 4 is 15.9 Å². The molecule has 1 aromatic carbocycles. The van der Waals surface area contributed by atoms with E-state index in [2.05, 4.69) is 15.9 Å². The van der Waals surface area contributed by atoms with Crippen molar-refractivity contribution in [2.75, 3.05) is 13.7 Å². The Morgan fingerprint density at radius 2 is 2.00 bits per heavy atom. The van der Waals surface area contributed by atoms with Crippen LogP contribution < -0.4 is 10.5 Å². The van der Waals surface area contributed by atoms with Gasteiger partial charge in [0.25, 0.3) is 0 Å². The van der Waals surface area contributed by atoms with E-state index in [4.69, 9.17) is 10.5 Å². The van der Waals surface area contributed by atoms with Crippen molar-refractivity contribution in [3.8, 4) is 5.75 Å². The van der Waals surface area contributed by atoms with Crippen LogP contribution in [0.2, 0.25) is 0 Å². The van der Waals surface area contributed by atoms with Gasteiger partial charge in [0, 0.05) is 17.5 Å². The average Bonchev–Trinajstić information content (AvgIpc) is 2.42. The van der Waals surface area contributed by atoms with Gasteiger partial charge in [-0.1, -0.05) is 19.3 Å². The number of rotatable bonds is 3. The Morgan fingerprint density at radius 3 is 2.56 bits per heavy atom. The van der Waals surface area contributed by atoms with Crippen molar-refractivity contribution in [3.05, 3.63) is 28.0 Å². The number of hydrogen-bond acceptors (Lipinski definition) is 2. The molecule has 2 N–H and O–H groups in total. The molecule has 0 aliphatic heterocycles. The molecule has 0 unspecified atom stereocenters. The Hall–Kier alpha value is -0.610. The minimum atomic E-state index is -0.223. The van der Waals surface area contributed by atoms with Crippen LogP contribution in [-0.4, -0.2) is 13.7 Å². The summed E-state index contributed by atoms with van der Waals surface area (Å²) in [5.74, 6) is 0.486. The third-order valence-electron chi connectivity index (χ3n) is 4.01. The van der Waals surface area contributed by atoms with Crippen LogP contribution in [0.1, 0.15) is 37.7 Å². The zero-order valence-electron chi connectivity index (χ0n) is 10.6. The summed E-state index contributed by atoms with van der Waals surface area (Å²) in [4.78, 5) is 0. The largest absolute Gasteiger partial charge is 0.497 e. The molecule has 0 spiro atoms. The van der Waals surface area contributed by atoms with Crippen molar-refractivity contribution in [1.82, 2.24) is 0 Å². The molecule has 0 heterocycles. The second-order valence-electron chi connectivity index (χ2n) is 5.02. The predicted molar refractivity (Wildman–Crippen MR) is 74.5 cm³/mol. The van der Waals surface area contributed by atoms with E-state index in [1.165, 1.54) is 6.42 Å². The summed E-state index contributed by atoms with van der Waals surface area (Å²) in [5, 5.41) is 0. The van der Waals surface area contributed by atoms with E-state index < -0.39 is 0 Å². The summed E-state index contributed by atoms with van der Waals surface area (Å²) in [6.07, 6.45) is 5.37. The van der Waals surface area contributed by atoms with Crippen molar-refractivity contribution in [2.45, 2.75) is 37.5 Å². The lowest BCUT2D eigenvalue weighted by atomic mass is 9.69. The van der Waals surface area contributed by atoms with E-state index in [0.29, 0.717) is 22.3 Å². The zero-order valence-corrected chi connectivity index (χ0v) is 12.2. The van der Waals surface area contributed by atoms with Crippen LogP contribution in [0, 0.1) is 5.82 Å². The van der Waals surface area contributed by atoms with Gasteiger partial charge in [0.1, 0.15) is 11.6 Å². The molecular formula is C14H19BrFNO. The third-order valence-corrected chi connectivity index (χ3v) is 4.59. The van der Waals surface area contributed by atoms with E-state index in [1.54, 1.807) is 19.2 Å². The quantitative estimate of drug-likeness (QED) is 0.921. The Bertz CT molecular complexity index is 430. The second kappa shape index (κ2) is 5.57. The Kier molecular flexibility index (Phi) is 4.28. The molecule has 0 saturated heterocycles. The fourth-order valence-electron chi connectivity index (χ4n) is 2.88. The monoisotopic (exact) mass is 315 g/mol. The lowest BCUT2D eigenvalue weighted by molar-refractivity contribution is 0.289. The maximum atomic E-state index is 14.4. The minimum Gasteiger partial charge on any atom is -0.497 e. The molecule has 2 rings (SSSR count). The van der Waals surface area contributed by atoms with Gasteiger partial charge in [0.2, 0.25) is 0 Å². The van der Waals surface area contributed by atoms with Crippen LogP contribution in [0.5, 0.6) is 5.75 Å². The molecule has 4 heteroatoms. The van der Waals surface area contributed by atoms with Crippen LogP contribution in [-0.2, 0) is 5.41 Å². The highest BCUT2D eigenvalue weighted by Gasteiger charge is 2.35. The molecule has 0 bridgehead atoms. The molecule has 0 aromatic heterocycles. The lowest BCUT2D eigenvalue weighted by Gasteiger charge is -2.37. The van der Waals surface area contributed by atoms with Crippen molar-refractivity contribution in [1.29, 1.82) is 0 Å². The standard InChI is InChI=1S/C14H19BrFNO/c1-18-10-7-11(13(16)12(15)8-10)14(9-17)5-3-2-4-6-14/h7-8H,2-6,9,17H2,1H3. The Labute approximate surface area is 116 Å². The van der Waals surface area contributed by atoms with E-state index in [1.807, 2.05) is 0 Å². The van der Waals surface area contributed by atoms with E-state index in [-0.39, 0.29) is 11.2 Å². The summed E-state index contributed by atoms with van der Waals surface area (Å²) < 4.78 is 20.1. The Balaban J connectivity index is 2.50. The second-order valence-corrected chi connectivity index (χ2v) is 5.87. The third kappa shape index (κ3) is 2.41. The highest BCUT2D eigenvalue weighted by atomic mass is 79.9. The SMILES string of the molecule is COc1cc(Br)c(F)c(C2(CN)CCCCC2)c1. The molecular weight excluding hydrogens is 297 g/mol. The topological polar surface area (TPSA) is 35.2 Å². The van der Waals surface area contributed by atoms with E-state index in [0.717, 1.165) is 25.7 Å². The minimum absolute atomic E-state index is 0.192. The normalized spacial score (nSPS) is 18.7. The highest BCUT2D eigenvalue weighted by Crippen LogP contribution is 2.42. The van der Waals surface area contributed by atoms with Gasteiger partial charge < -0.3 is 10.5 Å². The maximum absolute atomic E-state index is 14.4. The van der Waals surface area contributed by atoms with Crippen LogP contribution in [0.3, 0.4) is 0 Å². The van der Waals surface area contributed by atoms with Gasteiger partial charge in [-0.15, -0.1) is 0 Å². The molecule has 1 aromatic rings. The van der Waals surface area contributed by atoms with Gasteiger partial charge in [-0.25, -0.2) is 4.39 Å². The molecule has 0 amide bonds. The molecule has 2 nitrogen and oxygen atoms in total. The number of benzene rings is 1. The molecule has 0 atom stereocenters. The molecule has 18 heavy (non-hydrogen) atoms. The molecule has 1 saturated carbocycles. The van der Waals surface area contributed by atoms with Crippen LogP contribution in [0.15, 0.2) is 16.6 Å². The first kappa shape index (κ1) is 13.8. The molecule has 1 aliphatic rings. The summed E-state index contributed by atoms with van der Waals surface area (Å²) in [7, 11) is 1.60. The van der Waals surface area contributed by atoms with Crippen LogP contribution in [0.25, 0.3) is 0 Å². The van der Waals surface area contributed by atoms with Gasteiger partial charge in [0.15, 0.2) is 0 Å². The van der Waals surface area contributed by atoms with Crippen LogP contribution in [0.4, 0.5) is 4.39 Å². The average molecular weight is 316 g/mol. The summed E-state index contributed by atoms with van der Waals surface area (Å²) in [6.45, 7) is 0.490.